The van der Waals surface area contributed by atoms with Crippen LogP contribution in [0.3, 0.4) is 0 Å². The monoisotopic (exact) mass is 392 g/mol. The van der Waals surface area contributed by atoms with E-state index in [9.17, 15) is 18.4 Å². The van der Waals surface area contributed by atoms with Crippen LogP contribution in [0.15, 0.2) is 28.8 Å². The van der Waals surface area contributed by atoms with Crippen LogP contribution in [0, 0.1) is 11.6 Å². The van der Waals surface area contributed by atoms with Crippen molar-refractivity contribution in [2.75, 3.05) is 19.6 Å². The minimum Gasteiger partial charge on any atom is -0.441 e. The number of rotatable bonds is 7. The molecule has 1 aromatic carbocycles. The lowest BCUT2D eigenvalue weighted by Crippen LogP contribution is -2.46. The molecule has 150 valence electrons. The highest BCUT2D eigenvalue weighted by atomic mass is 19.1. The molecule has 2 heterocycles. The highest BCUT2D eigenvalue weighted by molar-refractivity contribution is 5.76. The lowest BCUT2D eigenvalue weighted by molar-refractivity contribution is -0.123. The number of carbonyl (C=O) groups excluding carboxylic acids is 2. The third kappa shape index (κ3) is 5.13. The number of aryl methyl sites for hydroxylation is 1. The summed E-state index contributed by atoms with van der Waals surface area (Å²) in [5.74, 6) is -1.74. The molecule has 1 fully saturated rings. The number of amides is 2. The number of oxazole rings is 1. The van der Waals surface area contributed by atoms with Gasteiger partial charge in [0.1, 0.15) is 11.6 Å². The summed E-state index contributed by atoms with van der Waals surface area (Å²) < 4.78 is 33.0. The maximum absolute atomic E-state index is 13.8. The molecule has 0 unspecified atom stereocenters. The number of nitrogens with two attached hydrogens (primary N) is 1. The number of benzene rings is 1. The number of halogens is 2. The number of hydrogen-bond donors (Lipinski definition) is 2. The van der Waals surface area contributed by atoms with Gasteiger partial charge in [-0.1, -0.05) is 6.07 Å². The van der Waals surface area contributed by atoms with Crippen molar-refractivity contribution in [1.29, 1.82) is 0 Å². The third-order valence-corrected chi connectivity index (χ3v) is 4.66. The lowest BCUT2D eigenvalue weighted by Gasteiger charge is -2.31. The zero-order valence-corrected chi connectivity index (χ0v) is 15.3. The van der Waals surface area contributed by atoms with Crippen molar-refractivity contribution < 1.29 is 22.8 Å². The molecule has 2 aromatic rings. The predicted molar refractivity (Wildman–Crippen MR) is 97.0 cm³/mol. The van der Waals surface area contributed by atoms with Crippen molar-refractivity contribution in [3.05, 3.63) is 41.9 Å². The number of carbonyl (C=O) groups is 2. The molecule has 28 heavy (non-hydrogen) atoms. The zero-order valence-electron chi connectivity index (χ0n) is 15.3. The molecule has 0 radical (unpaired) electrons. The molecule has 2 amide bonds. The minimum absolute atomic E-state index is 0.00664. The van der Waals surface area contributed by atoms with Gasteiger partial charge in [0.2, 0.25) is 11.8 Å². The number of likely N-dealkylation sites (tertiary alicyclic amines) is 1. The summed E-state index contributed by atoms with van der Waals surface area (Å²) in [5, 5.41) is 2.95. The van der Waals surface area contributed by atoms with Crippen LogP contribution in [0.5, 0.6) is 0 Å². The molecule has 0 spiro atoms. The number of nitrogens with zero attached hydrogens (tertiary/aromatic N) is 2. The zero-order chi connectivity index (χ0) is 20.1. The van der Waals surface area contributed by atoms with Crippen molar-refractivity contribution in [2.24, 2.45) is 5.73 Å². The molecule has 1 aliphatic heterocycles. The fourth-order valence-corrected chi connectivity index (χ4v) is 3.25. The van der Waals surface area contributed by atoms with Crippen molar-refractivity contribution >= 4 is 11.8 Å². The third-order valence-electron chi connectivity index (χ3n) is 4.66. The second kappa shape index (κ2) is 8.92. The number of nitrogens with one attached hydrogen (secondary N) is 1. The molecule has 1 saturated heterocycles. The van der Waals surface area contributed by atoms with Crippen LogP contribution in [-0.2, 0) is 16.0 Å². The van der Waals surface area contributed by atoms with Gasteiger partial charge in [-0.2, -0.15) is 0 Å². The van der Waals surface area contributed by atoms with E-state index in [2.05, 4.69) is 10.3 Å². The highest BCUT2D eigenvalue weighted by Crippen LogP contribution is 2.26. The average molecular weight is 392 g/mol. The first-order chi connectivity index (χ1) is 13.4. The van der Waals surface area contributed by atoms with Crippen LogP contribution in [0.4, 0.5) is 8.78 Å². The van der Waals surface area contributed by atoms with Gasteiger partial charge < -0.3 is 15.5 Å². The topological polar surface area (TPSA) is 101 Å². The van der Waals surface area contributed by atoms with E-state index in [4.69, 9.17) is 10.2 Å². The number of primary amides is 1. The van der Waals surface area contributed by atoms with Crippen LogP contribution in [0.25, 0.3) is 11.3 Å². The smallest absolute Gasteiger partial charge is 0.231 e. The summed E-state index contributed by atoms with van der Waals surface area (Å²) in [6, 6.07) is 3.60. The Morgan fingerprint density at radius 2 is 1.93 bits per heavy atom. The van der Waals surface area contributed by atoms with Gasteiger partial charge in [0.15, 0.2) is 11.7 Å². The number of aromatic nitrogens is 1. The molecule has 1 aliphatic rings. The molecule has 0 atom stereocenters. The van der Waals surface area contributed by atoms with Gasteiger partial charge in [-0.05, 0) is 25.0 Å². The average Bonchev–Trinajstić information content (AvgIpc) is 3.10. The molecule has 9 heteroatoms. The second-order valence-corrected chi connectivity index (χ2v) is 6.80. The Kier molecular flexibility index (Phi) is 6.35. The van der Waals surface area contributed by atoms with Crippen LogP contribution >= 0.6 is 0 Å². The maximum Gasteiger partial charge on any atom is 0.231 e. The summed E-state index contributed by atoms with van der Waals surface area (Å²) in [6.07, 6.45) is 3.12. The van der Waals surface area contributed by atoms with Crippen molar-refractivity contribution in [3.63, 3.8) is 0 Å². The van der Waals surface area contributed by atoms with E-state index < -0.39 is 11.6 Å². The van der Waals surface area contributed by atoms with Crippen molar-refractivity contribution in [3.8, 4) is 11.3 Å². The fraction of sp³-hybridized carbons (Fsp3) is 0.421. The van der Waals surface area contributed by atoms with Gasteiger partial charge in [0.05, 0.1) is 18.3 Å². The van der Waals surface area contributed by atoms with Gasteiger partial charge in [-0.25, -0.2) is 13.8 Å². The normalized spacial score (nSPS) is 15.5. The Balaban J connectivity index is 1.47. The molecular weight excluding hydrogens is 370 g/mol. The van der Waals surface area contributed by atoms with Crippen molar-refractivity contribution in [1.82, 2.24) is 15.2 Å². The number of hydrogen-bond acceptors (Lipinski definition) is 5. The maximum atomic E-state index is 13.8. The Bertz CT molecular complexity index is 827. The van der Waals surface area contributed by atoms with E-state index in [1.165, 1.54) is 12.3 Å². The Morgan fingerprint density at radius 3 is 2.57 bits per heavy atom. The Labute approximate surface area is 160 Å². The van der Waals surface area contributed by atoms with Gasteiger partial charge in [0, 0.05) is 32.0 Å². The molecular formula is C19H22F2N4O3. The summed E-state index contributed by atoms with van der Waals surface area (Å²) in [5.41, 5.74) is 4.91. The van der Waals surface area contributed by atoms with Crippen LogP contribution in [0.1, 0.15) is 25.2 Å². The van der Waals surface area contributed by atoms with E-state index in [1.54, 1.807) is 0 Å². The summed E-state index contributed by atoms with van der Waals surface area (Å²) in [4.78, 5) is 29.0. The quantitative estimate of drug-likeness (QED) is 0.746. The summed E-state index contributed by atoms with van der Waals surface area (Å²) >= 11 is 0. The molecule has 0 aliphatic carbocycles. The highest BCUT2D eigenvalue weighted by Gasteiger charge is 2.22. The van der Waals surface area contributed by atoms with E-state index in [1.807, 2.05) is 4.90 Å². The van der Waals surface area contributed by atoms with Gasteiger partial charge in [-0.3, -0.25) is 14.5 Å². The molecule has 7 nitrogen and oxygen atoms in total. The predicted octanol–water partition coefficient (Wildman–Crippen LogP) is 1.62. The lowest BCUT2D eigenvalue weighted by atomic mass is 10.0. The first kappa shape index (κ1) is 19.9. The Hall–Kier alpha value is -2.81. The first-order valence-electron chi connectivity index (χ1n) is 9.11. The minimum atomic E-state index is -0.733. The van der Waals surface area contributed by atoms with E-state index in [0.717, 1.165) is 25.0 Å². The fourth-order valence-electron chi connectivity index (χ4n) is 3.25. The van der Waals surface area contributed by atoms with Gasteiger partial charge in [-0.15, -0.1) is 0 Å². The van der Waals surface area contributed by atoms with E-state index in [-0.39, 0.29) is 54.5 Å². The Morgan fingerprint density at radius 1 is 1.25 bits per heavy atom. The molecule has 3 rings (SSSR count). The summed E-state index contributed by atoms with van der Waals surface area (Å²) in [6.45, 7) is 1.63. The van der Waals surface area contributed by atoms with E-state index >= 15 is 0 Å². The molecule has 0 bridgehead atoms. The van der Waals surface area contributed by atoms with Gasteiger partial charge >= 0.3 is 0 Å². The van der Waals surface area contributed by atoms with Crippen LogP contribution < -0.4 is 11.1 Å². The van der Waals surface area contributed by atoms with Crippen molar-refractivity contribution in [2.45, 2.75) is 31.7 Å². The second-order valence-electron chi connectivity index (χ2n) is 6.80. The van der Waals surface area contributed by atoms with Crippen LogP contribution in [0.2, 0.25) is 0 Å². The molecule has 1 aromatic heterocycles. The largest absolute Gasteiger partial charge is 0.441 e. The molecule has 0 saturated carbocycles. The van der Waals surface area contributed by atoms with E-state index in [0.29, 0.717) is 13.1 Å². The standard InChI is InChI=1S/C19H22F2N4O3/c20-13-2-1-3-14(21)19(13)15-10-23-18(28-15)5-4-17(27)24-12-6-8-25(9-7-12)11-16(22)26/h1-3,10,12H,4-9,11H2,(H2,22,26)(H,24,27). The molecule has 3 N–H and O–H groups in total. The first-order valence-corrected chi connectivity index (χ1v) is 9.11. The van der Waals surface area contributed by atoms with Gasteiger partial charge in [0.25, 0.3) is 0 Å². The number of piperidine rings is 1. The summed E-state index contributed by atoms with van der Waals surface area (Å²) in [7, 11) is 0. The van der Waals surface area contributed by atoms with Crippen LogP contribution in [-0.4, -0.2) is 47.4 Å². The SMILES string of the molecule is NC(=O)CN1CCC(NC(=O)CCc2ncc(-c3c(F)cccc3F)o2)CC1.